The smallest absolute Gasteiger partial charge is 0.118 e. The molecule has 2 N–H and O–H groups in total. The van der Waals surface area contributed by atoms with Crippen LogP contribution in [0.4, 0.5) is 0 Å². The second-order valence-corrected chi connectivity index (χ2v) is 13.1. The molecule has 176 valence electrons. The molecule has 5 rings (SSSR count). The normalized spacial score (nSPS) is 50.4. The number of aliphatic hydroxyl groups is 2. The molecular weight excluding hydrogens is 384 g/mol. The zero-order valence-electron chi connectivity index (χ0n) is 20.8. The van der Waals surface area contributed by atoms with Crippen LogP contribution in [0, 0.1) is 40.4 Å². The molecule has 4 aliphatic carbocycles. The summed E-state index contributed by atoms with van der Waals surface area (Å²) >= 11 is 0. The fourth-order valence-electron chi connectivity index (χ4n) is 8.90. The molecule has 4 fully saturated rings. The van der Waals surface area contributed by atoms with E-state index in [1.165, 1.54) is 44.1 Å². The molecule has 3 nitrogen and oxygen atoms in total. The lowest BCUT2D eigenvalue weighted by atomic mass is 9.48. The van der Waals surface area contributed by atoms with E-state index in [0.717, 1.165) is 42.9 Å². The van der Waals surface area contributed by atoms with Crippen molar-refractivity contribution < 1.29 is 14.9 Å². The van der Waals surface area contributed by atoms with Gasteiger partial charge in [0.25, 0.3) is 0 Å². The highest BCUT2D eigenvalue weighted by atomic mass is 16.6. The molecule has 0 radical (unpaired) electrons. The number of hydrogen-bond acceptors (Lipinski definition) is 3. The first kappa shape index (κ1) is 22.4. The van der Waals surface area contributed by atoms with Gasteiger partial charge in [-0.2, -0.15) is 0 Å². The summed E-state index contributed by atoms with van der Waals surface area (Å²) in [4.78, 5) is 0. The van der Waals surface area contributed by atoms with E-state index in [1.54, 1.807) is 5.57 Å². The predicted octanol–water partition coefficient (Wildman–Crippen LogP) is 5.88. The Kier molecular flexibility index (Phi) is 5.28. The summed E-state index contributed by atoms with van der Waals surface area (Å²) < 4.78 is 6.35. The minimum atomic E-state index is -0.451. The summed E-state index contributed by atoms with van der Waals surface area (Å²) in [6.45, 7) is 14.6. The van der Waals surface area contributed by atoms with Gasteiger partial charge in [0.2, 0.25) is 0 Å². The van der Waals surface area contributed by atoms with Crippen molar-refractivity contribution in [3.63, 3.8) is 0 Å². The van der Waals surface area contributed by atoms with Gasteiger partial charge in [-0.3, -0.25) is 0 Å². The third-order valence-corrected chi connectivity index (χ3v) is 11.4. The summed E-state index contributed by atoms with van der Waals surface area (Å²) in [6, 6.07) is 0. The first-order valence-electron chi connectivity index (χ1n) is 13.3. The Bertz CT molecular complexity index is 757. The van der Waals surface area contributed by atoms with E-state index in [0.29, 0.717) is 5.92 Å². The summed E-state index contributed by atoms with van der Waals surface area (Å²) in [7, 11) is 0. The second kappa shape index (κ2) is 7.31. The largest absolute Gasteiger partial charge is 0.393 e. The minimum absolute atomic E-state index is 0.0796. The minimum Gasteiger partial charge on any atom is -0.393 e. The molecule has 0 bridgehead atoms. The Balaban J connectivity index is 1.43. The topological polar surface area (TPSA) is 53.0 Å². The van der Waals surface area contributed by atoms with Gasteiger partial charge in [-0.1, -0.05) is 60.0 Å². The highest BCUT2D eigenvalue weighted by Crippen LogP contribution is 2.72. The standard InChI is InChI=1S/C28H46O3/c1-16(2)17(3)7-8-18(4)20-9-10-21-23-22(12-13-26(20,21)5)27(6)14-11-19(29)15-28(27)25(31-28)24(23)30/h16-20,22,24-25,29-30H,7-15H2,1-6H3/t17-,18+,19-,20+,22-,24-,25-,26+,27+,28-/m0/s1. The van der Waals surface area contributed by atoms with Gasteiger partial charge in [0.05, 0.1) is 6.10 Å². The van der Waals surface area contributed by atoms with Gasteiger partial charge in [-0.25, -0.2) is 0 Å². The Morgan fingerprint density at radius 3 is 2.45 bits per heavy atom. The number of allylic oxidation sites excluding steroid dienone is 1. The number of rotatable bonds is 5. The van der Waals surface area contributed by atoms with Crippen LogP contribution < -0.4 is 0 Å². The van der Waals surface area contributed by atoms with E-state index < -0.39 is 6.10 Å². The van der Waals surface area contributed by atoms with E-state index in [4.69, 9.17) is 4.74 Å². The van der Waals surface area contributed by atoms with Gasteiger partial charge in [0.1, 0.15) is 17.8 Å². The van der Waals surface area contributed by atoms with Crippen LogP contribution in [-0.4, -0.2) is 34.1 Å². The highest BCUT2D eigenvalue weighted by molar-refractivity contribution is 5.43. The molecule has 0 amide bonds. The number of aliphatic hydroxyl groups excluding tert-OH is 2. The molecule has 5 aliphatic rings. The Morgan fingerprint density at radius 2 is 1.74 bits per heavy atom. The van der Waals surface area contributed by atoms with E-state index in [1.807, 2.05) is 0 Å². The SMILES string of the molecule is CC(C)[C@@H](C)CC[C@@H](C)[C@H]1CCC2=C3[C@H](O)[C@@H]4O[C@@]45C[C@@H](O)CC[C@]5(C)[C@H]3CC[C@@]21C. The maximum atomic E-state index is 11.5. The van der Waals surface area contributed by atoms with E-state index >= 15 is 0 Å². The van der Waals surface area contributed by atoms with Crippen molar-refractivity contribution in [2.45, 2.75) is 123 Å². The average Bonchev–Trinajstić information content (AvgIpc) is 3.34. The highest BCUT2D eigenvalue weighted by Gasteiger charge is 2.77. The lowest BCUT2D eigenvalue weighted by Gasteiger charge is -2.56. The molecule has 1 saturated heterocycles. The van der Waals surface area contributed by atoms with Gasteiger partial charge in [-0.15, -0.1) is 0 Å². The van der Waals surface area contributed by atoms with Crippen molar-refractivity contribution >= 4 is 0 Å². The Morgan fingerprint density at radius 1 is 1.00 bits per heavy atom. The Hall–Kier alpha value is -0.380. The Labute approximate surface area is 190 Å². The molecule has 0 aromatic heterocycles. The molecule has 3 heteroatoms. The zero-order valence-corrected chi connectivity index (χ0v) is 20.8. The number of epoxide rings is 1. The molecule has 0 aromatic carbocycles. The first-order valence-corrected chi connectivity index (χ1v) is 13.3. The summed E-state index contributed by atoms with van der Waals surface area (Å²) in [5, 5.41) is 21.9. The summed E-state index contributed by atoms with van der Waals surface area (Å²) in [6.07, 6.45) is 9.40. The summed E-state index contributed by atoms with van der Waals surface area (Å²) in [5.41, 5.74) is 3.06. The average molecular weight is 431 g/mol. The molecule has 0 unspecified atom stereocenters. The van der Waals surface area contributed by atoms with E-state index in [-0.39, 0.29) is 28.6 Å². The van der Waals surface area contributed by atoms with Crippen LogP contribution >= 0.6 is 0 Å². The van der Waals surface area contributed by atoms with Crippen LogP contribution in [0.1, 0.15) is 99.3 Å². The van der Waals surface area contributed by atoms with Gasteiger partial charge < -0.3 is 14.9 Å². The fraction of sp³-hybridized carbons (Fsp3) is 0.929. The number of fused-ring (bicyclic) bond motifs is 3. The monoisotopic (exact) mass is 430 g/mol. The number of ether oxygens (including phenoxy) is 1. The lowest BCUT2D eigenvalue weighted by molar-refractivity contribution is -0.0516. The third kappa shape index (κ3) is 3.01. The van der Waals surface area contributed by atoms with Crippen LogP contribution in [0.2, 0.25) is 0 Å². The number of hydrogen-bond donors (Lipinski definition) is 2. The van der Waals surface area contributed by atoms with Gasteiger partial charge in [0.15, 0.2) is 0 Å². The van der Waals surface area contributed by atoms with Gasteiger partial charge >= 0.3 is 0 Å². The van der Waals surface area contributed by atoms with Crippen LogP contribution in [0.3, 0.4) is 0 Å². The zero-order chi connectivity index (χ0) is 22.3. The quantitative estimate of drug-likeness (QED) is 0.423. The molecule has 0 aromatic rings. The predicted molar refractivity (Wildman–Crippen MR) is 125 cm³/mol. The van der Waals surface area contributed by atoms with E-state index in [2.05, 4.69) is 41.5 Å². The van der Waals surface area contributed by atoms with Gasteiger partial charge in [0, 0.05) is 11.8 Å². The van der Waals surface area contributed by atoms with Gasteiger partial charge in [-0.05, 0) is 79.1 Å². The van der Waals surface area contributed by atoms with Crippen molar-refractivity contribution in [3.05, 3.63) is 11.1 Å². The summed E-state index contributed by atoms with van der Waals surface area (Å²) in [5.74, 6) is 3.50. The van der Waals surface area contributed by atoms with Crippen LogP contribution in [0.25, 0.3) is 0 Å². The molecule has 1 spiro atoms. The molecule has 1 aliphatic heterocycles. The van der Waals surface area contributed by atoms with Crippen molar-refractivity contribution in [1.29, 1.82) is 0 Å². The first-order chi connectivity index (χ1) is 14.5. The van der Waals surface area contributed by atoms with Crippen molar-refractivity contribution in [1.82, 2.24) is 0 Å². The van der Waals surface area contributed by atoms with Crippen LogP contribution in [0.15, 0.2) is 11.1 Å². The lowest BCUT2D eigenvalue weighted by Crippen LogP contribution is -2.57. The molecule has 3 saturated carbocycles. The molecule has 31 heavy (non-hydrogen) atoms. The molecule has 10 atom stereocenters. The van der Waals surface area contributed by atoms with Crippen molar-refractivity contribution in [2.24, 2.45) is 40.4 Å². The third-order valence-electron chi connectivity index (χ3n) is 11.4. The fourth-order valence-corrected chi connectivity index (χ4v) is 8.90. The maximum absolute atomic E-state index is 11.5. The van der Waals surface area contributed by atoms with Crippen molar-refractivity contribution in [3.8, 4) is 0 Å². The van der Waals surface area contributed by atoms with Crippen molar-refractivity contribution in [2.75, 3.05) is 0 Å². The van der Waals surface area contributed by atoms with E-state index in [9.17, 15) is 10.2 Å². The van der Waals surface area contributed by atoms with Crippen LogP contribution in [-0.2, 0) is 4.74 Å². The van der Waals surface area contributed by atoms with Crippen LogP contribution in [0.5, 0.6) is 0 Å². The maximum Gasteiger partial charge on any atom is 0.118 e. The molecule has 1 heterocycles. The second-order valence-electron chi connectivity index (χ2n) is 13.1. The molecular formula is C28H46O3.